The molecule has 0 saturated heterocycles. The van der Waals surface area contributed by atoms with Gasteiger partial charge in [-0.2, -0.15) is 0 Å². The Morgan fingerprint density at radius 2 is 2.04 bits per heavy atom. The highest BCUT2D eigenvalue weighted by Gasteiger charge is 2.16. The third-order valence-electron chi connectivity index (χ3n) is 2.83. The van der Waals surface area contributed by atoms with E-state index >= 15 is 0 Å². The van der Waals surface area contributed by atoms with Crippen molar-refractivity contribution in [3.8, 4) is 0 Å². The van der Waals surface area contributed by atoms with Crippen molar-refractivity contribution in [3.05, 3.63) is 33.8 Å². The first-order chi connectivity index (χ1) is 11.2. The van der Waals surface area contributed by atoms with E-state index in [4.69, 9.17) is 13.7 Å². The quantitative estimate of drug-likeness (QED) is 0.491. The molecule has 0 spiro atoms. The van der Waals surface area contributed by atoms with E-state index in [-0.39, 0.29) is 6.10 Å². The fraction of sp³-hybridized carbons (Fsp3) is 0.588. The maximum Gasteiger partial charge on any atom is 0.407 e. The monoisotopic (exact) mass is 419 g/mol. The molecule has 1 amide bonds. The molecule has 0 fully saturated rings. The standard InChI is InChI=1S/C17H26BrNO4S/c1-12-8-13(10-14(18)9-12)15(23-24-5)11-21-7-6-19-16(20)22-17(2,3)4/h8-10,15H,6-7,11H2,1-5H3,(H,19,20). The molecule has 1 atom stereocenters. The van der Waals surface area contributed by atoms with Gasteiger partial charge in [-0.15, -0.1) is 0 Å². The zero-order chi connectivity index (χ0) is 18.2. The summed E-state index contributed by atoms with van der Waals surface area (Å²) in [5, 5.41) is 2.66. The van der Waals surface area contributed by atoms with Gasteiger partial charge in [0.25, 0.3) is 0 Å². The number of hydrogen-bond acceptors (Lipinski definition) is 5. The third kappa shape index (κ3) is 8.92. The van der Waals surface area contributed by atoms with Gasteiger partial charge in [0, 0.05) is 17.3 Å². The van der Waals surface area contributed by atoms with Crippen molar-refractivity contribution in [2.45, 2.75) is 39.4 Å². The molecule has 0 radical (unpaired) electrons. The second-order valence-corrected chi connectivity index (χ2v) is 7.76. The van der Waals surface area contributed by atoms with Gasteiger partial charge >= 0.3 is 6.09 Å². The second-order valence-electron chi connectivity index (χ2n) is 6.32. The minimum absolute atomic E-state index is 0.169. The largest absolute Gasteiger partial charge is 0.444 e. The highest BCUT2D eigenvalue weighted by atomic mass is 79.9. The molecule has 7 heteroatoms. The highest BCUT2D eigenvalue weighted by Crippen LogP contribution is 2.26. The van der Waals surface area contributed by atoms with Crippen LogP contribution in [0.4, 0.5) is 4.79 Å². The molecular formula is C17H26BrNO4S. The van der Waals surface area contributed by atoms with Gasteiger partial charge in [-0.25, -0.2) is 4.79 Å². The van der Waals surface area contributed by atoms with Crippen molar-refractivity contribution in [1.29, 1.82) is 0 Å². The summed E-state index contributed by atoms with van der Waals surface area (Å²) in [6.07, 6.45) is 1.27. The average Bonchev–Trinajstić information content (AvgIpc) is 2.42. The molecule has 1 aromatic carbocycles. The molecule has 1 unspecified atom stereocenters. The van der Waals surface area contributed by atoms with Crippen LogP contribution >= 0.6 is 28.0 Å². The van der Waals surface area contributed by atoms with Crippen molar-refractivity contribution >= 4 is 34.1 Å². The number of ether oxygens (including phenoxy) is 2. The number of nitrogens with one attached hydrogen (secondary N) is 1. The number of benzene rings is 1. The van der Waals surface area contributed by atoms with Gasteiger partial charge < -0.3 is 19.0 Å². The first-order valence-electron chi connectivity index (χ1n) is 7.72. The Labute approximate surface area is 157 Å². The van der Waals surface area contributed by atoms with E-state index in [0.29, 0.717) is 19.8 Å². The van der Waals surface area contributed by atoms with Gasteiger partial charge in [-0.3, -0.25) is 0 Å². The molecule has 1 N–H and O–H groups in total. The third-order valence-corrected chi connectivity index (χ3v) is 3.72. The number of carbonyl (C=O) groups is 1. The lowest BCUT2D eigenvalue weighted by Crippen LogP contribution is -2.34. The van der Waals surface area contributed by atoms with Gasteiger partial charge in [0.15, 0.2) is 0 Å². The number of amides is 1. The number of alkyl carbamates (subject to hydrolysis) is 1. The maximum atomic E-state index is 11.5. The molecule has 0 heterocycles. The van der Waals surface area contributed by atoms with E-state index < -0.39 is 11.7 Å². The lowest BCUT2D eigenvalue weighted by atomic mass is 10.1. The summed E-state index contributed by atoms with van der Waals surface area (Å²) in [6.45, 7) is 8.70. The Hall–Kier alpha value is -0.760. The summed E-state index contributed by atoms with van der Waals surface area (Å²) in [7, 11) is 0. The summed E-state index contributed by atoms with van der Waals surface area (Å²) >= 11 is 4.81. The summed E-state index contributed by atoms with van der Waals surface area (Å²) in [5.41, 5.74) is 1.71. The molecule has 5 nitrogen and oxygen atoms in total. The van der Waals surface area contributed by atoms with Crippen LogP contribution in [-0.4, -0.2) is 37.7 Å². The normalized spacial score (nSPS) is 12.8. The van der Waals surface area contributed by atoms with Gasteiger partial charge in [0.1, 0.15) is 11.7 Å². The SMILES string of the molecule is CSOC(COCCNC(=O)OC(C)(C)C)c1cc(C)cc(Br)c1. The van der Waals surface area contributed by atoms with Crippen LogP contribution in [0.2, 0.25) is 0 Å². The molecule has 0 bridgehead atoms. The van der Waals surface area contributed by atoms with Gasteiger partial charge in [-0.05, 0) is 63.0 Å². The molecule has 0 aliphatic carbocycles. The molecular weight excluding hydrogens is 394 g/mol. The number of hydrogen-bond donors (Lipinski definition) is 1. The van der Waals surface area contributed by atoms with Crippen LogP contribution in [0.3, 0.4) is 0 Å². The number of rotatable bonds is 8. The molecule has 0 aromatic heterocycles. The van der Waals surface area contributed by atoms with Gasteiger partial charge in [0.05, 0.1) is 13.2 Å². The zero-order valence-corrected chi connectivity index (χ0v) is 17.3. The van der Waals surface area contributed by atoms with Crippen LogP contribution in [0.1, 0.15) is 38.0 Å². The van der Waals surface area contributed by atoms with Crippen molar-refractivity contribution in [3.63, 3.8) is 0 Å². The predicted octanol–water partition coefficient (Wildman–Crippen LogP) is 4.63. The first kappa shape index (κ1) is 21.3. The molecule has 0 aliphatic rings. The summed E-state index contributed by atoms with van der Waals surface area (Å²) in [5.74, 6) is 0. The topological polar surface area (TPSA) is 56.8 Å². The van der Waals surface area contributed by atoms with E-state index in [0.717, 1.165) is 15.6 Å². The summed E-state index contributed by atoms with van der Waals surface area (Å²) in [4.78, 5) is 11.5. The molecule has 1 aromatic rings. The van der Waals surface area contributed by atoms with E-state index in [1.54, 1.807) is 0 Å². The second kappa shape index (κ2) is 10.3. The molecule has 1 rings (SSSR count). The van der Waals surface area contributed by atoms with E-state index in [9.17, 15) is 4.79 Å². The van der Waals surface area contributed by atoms with Crippen molar-refractivity contribution in [2.24, 2.45) is 0 Å². The Kier molecular flexibility index (Phi) is 9.12. The minimum atomic E-state index is -0.499. The van der Waals surface area contributed by atoms with Gasteiger partial charge in [0.2, 0.25) is 0 Å². The Morgan fingerprint density at radius 1 is 1.33 bits per heavy atom. The van der Waals surface area contributed by atoms with E-state index in [2.05, 4.69) is 27.3 Å². The smallest absolute Gasteiger partial charge is 0.407 e. The molecule has 24 heavy (non-hydrogen) atoms. The Bertz CT molecular complexity index is 514. The summed E-state index contributed by atoms with van der Waals surface area (Å²) in [6, 6.07) is 6.15. The minimum Gasteiger partial charge on any atom is -0.444 e. The summed E-state index contributed by atoms with van der Waals surface area (Å²) < 4.78 is 17.5. The van der Waals surface area contributed by atoms with Crippen LogP contribution in [0.25, 0.3) is 0 Å². The van der Waals surface area contributed by atoms with E-state index in [1.165, 1.54) is 12.0 Å². The Morgan fingerprint density at radius 3 is 2.62 bits per heavy atom. The van der Waals surface area contributed by atoms with Crippen LogP contribution in [0.15, 0.2) is 22.7 Å². The average molecular weight is 420 g/mol. The fourth-order valence-corrected chi connectivity index (χ4v) is 3.00. The van der Waals surface area contributed by atoms with E-state index in [1.807, 2.05) is 46.1 Å². The molecule has 0 aliphatic heterocycles. The fourth-order valence-electron chi connectivity index (χ4n) is 1.98. The maximum absolute atomic E-state index is 11.5. The van der Waals surface area contributed by atoms with Crippen molar-refractivity contribution in [2.75, 3.05) is 26.0 Å². The highest BCUT2D eigenvalue weighted by molar-refractivity contribution is 9.10. The number of aryl methyl sites for hydroxylation is 1. The Balaban J connectivity index is 2.41. The zero-order valence-electron chi connectivity index (χ0n) is 14.8. The first-order valence-corrected chi connectivity index (χ1v) is 9.66. The van der Waals surface area contributed by atoms with Crippen LogP contribution < -0.4 is 5.32 Å². The predicted molar refractivity (Wildman–Crippen MR) is 101 cm³/mol. The number of halogens is 1. The van der Waals surface area contributed by atoms with Crippen molar-refractivity contribution < 1.29 is 18.5 Å². The lowest BCUT2D eigenvalue weighted by Gasteiger charge is -2.20. The lowest BCUT2D eigenvalue weighted by molar-refractivity contribution is 0.0434. The van der Waals surface area contributed by atoms with Crippen LogP contribution in [0, 0.1) is 6.92 Å². The van der Waals surface area contributed by atoms with Gasteiger partial charge in [-0.1, -0.05) is 22.0 Å². The van der Waals surface area contributed by atoms with Crippen LogP contribution in [-0.2, 0) is 13.7 Å². The molecule has 0 saturated carbocycles. The molecule has 136 valence electrons. The van der Waals surface area contributed by atoms with Crippen molar-refractivity contribution in [1.82, 2.24) is 5.32 Å². The number of carbonyl (C=O) groups excluding carboxylic acids is 1. The van der Waals surface area contributed by atoms with Crippen LogP contribution in [0.5, 0.6) is 0 Å².